The fourth-order valence-corrected chi connectivity index (χ4v) is 2.90. The lowest BCUT2D eigenvalue weighted by Gasteiger charge is -2.35. The minimum atomic E-state index is 0.517. The first-order valence-electron chi connectivity index (χ1n) is 6.94. The van der Waals surface area contributed by atoms with E-state index >= 15 is 0 Å². The third-order valence-electron chi connectivity index (χ3n) is 3.37. The molecule has 2 rings (SSSR count). The van der Waals surface area contributed by atoms with Gasteiger partial charge in [-0.1, -0.05) is 20.8 Å². The fraction of sp³-hybridized carbons (Fsp3) is 0.846. The first kappa shape index (κ1) is 13.6. The second-order valence-electron chi connectivity index (χ2n) is 5.35. The van der Waals surface area contributed by atoms with Gasteiger partial charge in [0.05, 0.1) is 18.3 Å². The number of rotatable bonds is 5. The second kappa shape index (κ2) is 6.36. The molecule has 0 radical (unpaired) electrons. The van der Waals surface area contributed by atoms with Gasteiger partial charge >= 0.3 is 0 Å². The van der Waals surface area contributed by atoms with Gasteiger partial charge in [-0.05, 0) is 31.6 Å². The van der Waals surface area contributed by atoms with Crippen molar-refractivity contribution in [2.75, 3.05) is 18.1 Å². The highest BCUT2D eigenvalue weighted by Gasteiger charge is 2.26. The summed E-state index contributed by atoms with van der Waals surface area (Å²) in [5.41, 5.74) is 0. The molecule has 1 aromatic heterocycles. The third-order valence-corrected chi connectivity index (χ3v) is 3.87. The van der Waals surface area contributed by atoms with Gasteiger partial charge < -0.3 is 9.64 Å². The van der Waals surface area contributed by atoms with Crippen molar-refractivity contribution in [1.29, 1.82) is 0 Å². The summed E-state index contributed by atoms with van der Waals surface area (Å²) in [5.74, 6) is 2.21. The van der Waals surface area contributed by atoms with Crippen LogP contribution in [-0.4, -0.2) is 27.9 Å². The van der Waals surface area contributed by atoms with Crippen LogP contribution in [0.15, 0.2) is 0 Å². The first-order valence-corrected chi connectivity index (χ1v) is 7.67. The zero-order valence-corrected chi connectivity index (χ0v) is 12.4. The van der Waals surface area contributed by atoms with Crippen molar-refractivity contribution < 1.29 is 4.74 Å². The summed E-state index contributed by atoms with van der Waals surface area (Å²) in [6.07, 6.45) is 5.01. The van der Waals surface area contributed by atoms with E-state index in [1.54, 1.807) is 0 Å². The van der Waals surface area contributed by atoms with E-state index in [0.29, 0.717) is 18.6 Å². The van der Waals surface area contributed by atoms with Crippen molar-refractivity contribution in [2.45, 2.75) is 52.5 Å². The van der Waals surface area contributed by atoms with E-state index in [9.17, 15) is 0 Å². The third kappa shape index (κ3) is 3.13. The molecule has 1 unspecified atom stereocenters. The van der Waals surface area contributed by atoms with E-state index in [4.69, 9.17) is 4.74 Å². The van der Waals surface area contributed by atoms with E-state index in [1.807, 2.05) is 0 Å². The Balaban J connectivity index is 2.09. The minimum absolute atomic E-state index is 0.517. The van der Waals surface area contributed by atoms with Gasteiger partial charge in [-0.2, -0.15) is 4.37 Å². The van der Waals surface area contributed by atoms with Crippen LogP contribution in [0.2, 0.25) is 0 Å². The molecule has 5 heteroatoms. The Morgan fingerprint density at radius 1 is 1.39 bits per heavy atom. The fourth-order valence-electron chi connectivity index (χ4n) is 2.39. The summed E-state index contributed by atoms with van der Waals surface area (Å²) >= 11 is 1.26. The normalized spacial score (nSPS) is 20.4. The van der Waals surface area contributed by atoms with Crippen molar-refractivity contribution in [2.24, 2.45) is 5.92 Å². The van der Waals surface area contributed by atoms with Crippen LogP contribution < -0.4 is 9.64 Å². The van der Waals surface area contributed by atoms with Gasteiger partial charge in [-0.25, -0.2) is 0 Å². The number of piperidine rings is 1. The predicted octanol–water partition coefficient (Wildman–Crippen LogP) is 3.34. The van der Waals surface area contributed by atoms with Crippen molar-refractivity contribution >= 4 is 17.5 Å². The van der Waals surface area contributed by atoms with E-state index in [2.05, 4.69) is 34.4 Å². The molecule has 0 saturated carbocycles. The highest BCUT2D eigenvalue weighted by Crippen LogP contribution is 2.32. The standard InChI is InChI=1S/C13H23N3OS/c1-4-11-7-5-6-8-16(11)12-13(15-18-14-12)17-9-10(2)3/h10-11H,4-9H2,1-3H3. The van der Waals surface area contributed by atoms with Gasteiger partial charge in [-0.3, -0.25) is 0 Å². The molecule has 0 amide bonds. The topological polar surface area (TPSA) is 38.2 Å². The molecule has 18 heavy (non-hydrogen) atoms. The van der Waals surface area contributed by atoms with Crippen molar-refractivity contribution in [1.82, 2.24) is 8.75 Å². The molecule has 0 N–H and O–H groups in total. The molecule has 2 heterocycles. The summed E-state index contributed by atoms with van der Waals surface area (Å²) in [6.45, 7) is 8.34. The molecule has 0 bridgehead atoms. The van der Waals surface area contributed by atoms with Gasteiger partial charge in [0, 0.05) is 12.6 Å². The zero-order valence-electron chi connectivity index (χ0n) is 11.6. The van der Waals surface area contributed by atoms with E-state index in [-0.39, 0.29) is 0 Å². The largest absolute Gasteiger partial charge is 0.474 e. The quantitative estimate of drug-likeness (QED) is 0.821. The average Bonchev–Trinajstić information content (AvgIpc) is 2.84. The Morgan fingerprint density at radius 2 is 2.22 bits per heavy atom. The lowest BCUT2D eigenvalue weighted by atomic mass is 10.0. The SMILES string of the molecule is CCC1CCCCN1c1nsnc1OCC(C)C. The summed E-state index contributed by atoms with van der Waals surface area (Å²) in [4.78, 5) is 2.39. The summed E-state index contributed by atoms with van der Waals surface area (Å²) < 4.78 is 14.5. The number of hydrogen-bond acceptors (Lipinski definition) is 5. The van der Waals surface area contributed by atoms with Crippen molar-refractivity contribution in [3.8, 4) is 5.88 Å². The van der Waals surface area contributed by atoms with Crippen molar-refractivity contribution in [3.63, 3.8) is 0 Å². The van der Waals surface area contributed by atoms with Gasteiger partial charge in [0.2, 0.25) is 5.82 Å². The van der Waals surface area contributed by atoms with E-state index < -0.39 is 0 Å². The van der Waals surface area contributed by atoms with Gasteiger partial charge in [0.25, 0.3) is 5.88 Å². The maximum absolute atomic E-state index is 5.78. The summed E-state index contributed by atoms with van der Waals surface area (Å²) in [7, 11) is 0. The van der Waals surface area contributed by atoms with Crippen LogP contribution in [0.1, 0.15) is 46.5 Å². The van der Waals surface area contributed by atoms with Crippen LogP contribution in [0.5, 0.6) is 5.88 Å². The summed E-state index contributed by atoms with van der Waals surface area (Å²) in [6, 6.07) is 0.601. The average molecular weight is 269 g/mol. The molecule has 1 fully saturated rings. The maximum Gasteiger partial charge on any atom is 0.270 e. The number of hydrogen-bond donors (Lipinski definition) is 0. The molecule has 1 aliphatic rings. The van der Waals surface area contributed by atoms with Crippen LogP contribution in [0.4, 0.5) is 5.82 Å². The Hall–Kier alpha value is -0.840. The molecule has 0 aliphatic carbocycles. The number of nitrogens with zero attached hydrogens (tertiary/aromatic N) is 3. The second-order valence-corrected chi connectivity index (χ2v) is 5.88. The van der Waals surface area contributed by atoms with Crippen LogP contribution >= 0.6 is 11.7 Å². The first-order chi connectivity index (χ1) is 8.72. The molecule has 102 valence electrons. The van der Waals surface area contributed by atoms with Crippen LogP contribution in [-0.2, 0) is 0 Å². The maximum atomic E-state index is 5.78. The van der Waals surface area contributed by atoms with Gasteiger partial charge in [-0.15, -0.1) is 4.37 Å². The Kier molecular flexibility index (Phi) is 4.80. The minimum Gasteiger partial charge on any atom is -0.474 e. The lowest BCUT2D eigenvalue weighted by molar-refractivity contribution is 0.262. The Morgan fingerprint density at radius 3 is 2.94 bits per heavy atom. The monoisotopic (exact) mass is 269 g/mol. The molecular formula is C13H23N3OS. The lowest BCUT2D eigenvalue weighted by Crippen LogP contribution is -2.39. The van der Waals surface area contributed by atoms with Gasteiger partial charge in [0.15, 0.2) is 0 Å². The molecule has 1 saturated heterocycles. The molecule has 0 spiro atoms. The highest BCUT2D eigenvalue weighted by molar-refractivity contribution is 6.99. The van der Waals surface area contributed by atoms with E-state index in [1.165, 1.54) is 37.4 Å². The number of anilines is 1. The zero-order chi connectivity index (χ0) is 13.0. The van der Waals surface area contributed by atoms with Gasteiger partial charge in [0.1, 0.15) is 0 Å². The smallest absolute Gasteiger partial charge is 0.270 e. The molecule has 4 nitrogen and oxygen atoms in total. The molecule has 0 aromatic carbocycles. The summed E-state index contributed by atoms with van der Waals surface area (Å²) in [5, 5.41) is 0. The number of aromatic nitrogens is 2. The molecule has 1 aromatic rings. The molecule has 1 atom stereocenters. The molecular weight excluding hydrogens is 246 g/mol. The predicted molar refractivity (Wildman–Crippen MR) is 75.5 cm³/mol. The highest BCUT2D eigenvalue weighted by atomic mass is 32.1. The van der Waals surface area contributed by atoms with Crippen LogP contribution in [0.25, 0.3) is 0 Å². The van der Waals surface area contributed by atoms with E-state index in [0.717, 1.165) is 18.2 Å². The van der Waals surface area contributed by atoms with Crippen molar-refractivity contribution in [3.05, 3.63) is 0 Å². The Labute approximate surface area is 114 Å². The molecule has 1 aliphatic heterocycles. The number of ether oxygens (including phenoxy) is 1. The van der Waals surface area contributed by atoms with Crippen LogP contribution in [0, 0.1) is 5.92 Å². The Bertz CT molecular complexity index is 367. The van der Waals surface area contributed by atoms with Crippen LogP contribution in [0.3, 0.4) is 0 Å².